The Balaban J connectivity index is 2.58. The summed E-state index contributed by atoms with van der Waals surface area (Å²) in [5, 5.41) is 0. The van der Waals surface area contributed by atoms with Crippen LogP contribution in [0.15, 0.2) is 0 Å². The van der Waals surface area contributed by atoms with Gasteiger partial charge in [-0.1, -0.05) is 12.8 Å². The summed E-state index contributed by atoms with van der Waals surface area (Å²) in [5.74, 6) is 1.10. The molecule has 3 nitrogen and oxygen atoms in total. The van der Waals surface area contributed by atoms with E-state index in [9.17, 15) is 4.79 Å². The molecule has 15 heavy (non-hydrogen) atoms. The largest absolute Gasteiger partial charge is 0.341 e. The van der Waals surface area contributed by atoms with Crippen molar-refractivity contribution in [2.24, 2.45) is 5.73 Å². The molecule has 0 heterocycles. The molecule has 1 fully saturated rings. The number of nitrogens with two attached hydrogens (primary N) is 1. The van der Waals surface area contributed by atoms with Gasteiger partial charge in [0.15, 0.2) is 0 Å². The van der Waals surface area contributed by atoms with Crippen molar-refractivity contribution < 1.29 is 4.79 Å². The number of thioether (sulfide) groups is 1. The first-order chi connectivity index (χ1) is 7.01. The van der Waals surface area contributed by atoms with E-state index in [4.69, 9.17) is 5.73 Å². The number of likely N-dealkylation sites (N-methyl/N-ethyl adjacent to an activating group) is 1. The standard InChI is InChI=1S/C11H22N2OS/c1-9(8-15-3)13(2)10(14)11(12)6-4-5-7-11/h9H,4-8,12H2,1-3H3. The molecule has 0 radical (unpaired) electrons. The normalized spacial score (nSPS) is 21.3. The predicted molar refractivity (Wildman–Crippen MR) is 66.0 cm³/mol. The van der Waals surface area contributed by atoms with Gasteiger partial charge in [0.2, 0.25) is 5.91 Å². The lowest BCUT2D eigenvalue weighted by molar-refractivity contribution is -0.136. The van der Waals surface area contributed by atoms with Crippen LogP contribution in [0.25, 0.3) is 0 Å². The van der Waals surface area contributed by atoms with Crippen LogP contribution in [0.2, 0.25) is 0 Å². The fourth-order valence-corrected chi connectivity index (χ4v) is 2.83. The van der Waals surface area contributed by atoms with E-state index in [0.29, 0.717) is 0 Å². The van der Waals surface area contributed by atoms with Gasteiger partial charge in [0, 0.05) is 18.8 Å². The van der Waals surface area contributed by atoms with Crippen molar-refractivity contribution in [3.63, 3.8) is 0 Å². The van der Waals surface area contributed by atoms with Crippen molar-refractivity contribution in [1.29, 1.82) is 0 Å². The maximum absolute atomic E-state index is 12.2. The number of carbonyl (C=O) groups excluding carboxylic acids is 1. The molecule has 1 unspecified atom stereocenters. The fraction of sp³-hybridized carbons (Fsp3) is 0.909. The van der Waals surface area contributed by atoms with E-state index in [2.05, 4.69) is 13.2 Å². The zero-order valence-electron chi connectivity index (χ0n) is 9.95. The average molecular weight is 230 g/mol. The Labute approximate surface area is 96.8 Å². The smallest absolute Gasteiger partial charge is 0.242 e. The van der Waals surface area contributed by atoms with Crippen molar-refractivity contribution >= 4 is 17.7 Å². The molecule has 0 aromatic heterocycles. The monoisotopic (exact) mass is 230 g/mol. The zero-order chi connectivity index (χ0) is 11.5. The van der Waals surface area contributed by atoms with Crippen LogP contribution in [-0.4, -0.2) is 41.4 Å². The van der Waals surface area contributed by atoms with E-state index in [1.54, 1.807) is 11.8 Å². The second kappa shape index (κ2) is 5.21. The third kappa shape index (κ3) is 2.88. The molecule has 1 saturated carbocycles. The summed E-state index contributed by atoms with van der Waals surface area (Å²) in [6, 6.07) is 0.272. The van der Waals surface area contributed by atoms with Crippen LogP contribution < -0.4 is 5.73 Å². The predicted octanol–water partition coefficient (Wildman–Crippen LogP) is 1.47. The Hall–Kier alpha value is -0.220. The Morgan fingerprint density at radius 1 is 1.53 bits per heavy atom. The molecule has 1 aliphatic rings. The van der Waals surface area contributed by atoms with Gasteiger partial charge < -0.3 is 10.6 Å². The number of amides is 1. The molecule has 2 N–H and O–H groups in total. The summed E-state index contributed by atoms with van der Waals surface area (Å²) in [4.78, 5) is 14.0. The first kappa shape index (κ1) is 12.8. The van der Waals surface area contributed by atoms with Crippen LogP contribution in [-0.2, 0) is 4.79 Å². The third-order valence-corrected chi connectivity index (χ3v) is 4.13. The van der Waals surface area contributed by atoms with Gasteiger partial charge in [0.25, 0.3) is 0 Å². The molecule has 88 valence electrons. The number of hydrogen-bond acceptors (Lipinski definition) is 3. The molecular formula is C11H22N2OS. The summed E-state index contributed by atoms with van der Waals surface area (Å²) in [7, 11) is 1.87. The molecule has 1 atom stereocenters. The Kier molecular flexibility index (Phi) is 4.46. The molecule has 0 spiro atoms. The van der Waals surface area contributed by atoms with Crippen molar-refractivity contribution in [3.05, 3.63) is 0 Å². The van der Waals surface area contributed by atoms with Gasteiger partial charge in [-0.25, -0.2) is 0 Å². The van der Waals surface area contributed by atoms with Gasteiger partial charge in [-0.3, -0.25) is 4.79 Å². The lowest BCUT2D eigenvalue weighted by atomic mass is 9.97. The van der Waals surface area contributed by atoms with Crippen LogP contribution in [0.4, 0.5) is 0 Å². The number of carbonyl (C=O) groups is 1. The van der Waals surface area contributed by atoms with Crippen molar-refractivity contribution in [3.8, 4) is 0 Å². The van der Waals surface area contributed by atoms with Crippen molar-refractivity contribution in [2.75, 3.05) is 19.1 Å². The highest BCUT2D eigenvalue weighted by Crippen LogP contribution is 2.29. The molecule has 0 aromatic rings. The van der Waals surface area contributed by atoms with Gasteiger partial charge >= 0.3 is 0 Å². The summed E-state index contributed by atoms with van der Waals surface area (Å²) in [6.07, 6.45) is 5.94. The number of hydrogen-bond donors (Lipinski definition) is 1. The first-order valence-corrected chi connectivity index (χ1v) is 6.96. The summed E-state index contributed by atoms with van der Waals surface area (Å²) in [6.45, 7) is 2.08. The number of nitrogens with zero attached hydrogens (tertiary/aromatic N) is 1. The molecule has 0 aromatic carbocycles. The van der Waals surface area contributed by atoms with Crippen LogP contribution in [0, 0.1) is 0 Å². The SMILES string of the molecule is CSCC(C)N(C)C(=O)C1(N)CCCC1. The first-order valence-electron chi connectivity index (χ1n) is 5.56. The van der Waals surface area contributed by atoms with E-state index in [0.717, 1.165) is 31.4 Å². The van der Waals surface area contributed by atoms with E-state index in [1.165, 1.54) is 0 Å². The Bertz CT molecular complexity index is 227. The van der Waals surface area contributed by atoms with Crippen LogP contribution in [0.5, 0.6) is 0 Å². The maximum atomic E-state index is 12.2. The van der Waals surface area contributed by atoms with Gasteiger partial charge in [-0.2, -0.15) is 11.8 Å². The van der Waals surface area contributed by atoms with Gasteiger partial charge in [0.05, 0.1) is 5.54 Å². The summed E-state index contributed by atoms with van der Waals surface area (Å²) < 4.78 is 0. The molecular weight excluding hydrogens is 208 g/mol. The second-order valence-corrected chi connectivity index (χ2v) is 5.49. The topological polar surface area (TPSA) is 46.3 Å². The highest BCUT2D eigenvalue weighted by Gasteiger charge is 2.39. The zero-order valence-corrected chi connectivity index (χ0v) is 10.8. The minimum absolute atomic E-state index is 0.126. The van der Waals surface area contributed by atoms with Crippen molar-refractivity contribution in [1.82, 2.24) is 4.90 Å². The minimum Gasteiger partial charge on any atom is -0.341 e. The Morgan fingerprint density at radius 3 is 2.53 bits per heavy atom. The highest BCUT2D eigenvalue weighted by atomic mass is 32.2. The third-order valence-electron chi connectivity index (χ3n) is 3.31. The second-order valence-electron chi connectivity index (χ2n) is 4.58. The van der Waals surface area contributed by atoms with Crippen LogP contribution in [0.1, 0.15) is 32.6 Å². The van der Waals surface area contributed by atoms with Gasteiger partial charge in [-0.15, -0.1) is 0 Å². The maximum Gasteiger partial charge on any atom is 0.242 e. The molecule has 4 heteroatoms. The van der Waals surface area contributed by atoms with E-state index < -0.39 is 5.54 Å². The molecule has 0 bridgehead atoms. The minimum atomic E-state index is -0.568. The van der Waals surface area contributed by atoms with Crippen LogP contribution >= 0.6 is 11.8 Å². The molecule has 1 rings (SSSR count). The van der Waals surface area contributed by atoms with E-state index in [1.807, 2.05) is 11.9 Å². The van der Waals surface area contributed by atoms with Gasteiger partial charge in [0.1, 0.15) is 0 Å². The van der Waals surface area contributed by atoms with Gasteiger partial charge in [-0.05, 0) is 26.0 Å². The Morgan fingerprint density at radius 2 is 2.07 bits per heavy atom. The van der Waals surface area contributed by atoms with E-state index in [-0.39, 0.29) is 11.9 Å². The summed E-state index contributed by atoms with van der Waals surface area (Å²) >= 11 is 1.76. The average Bonchev–Trinajstić information content (AvgIpc) is 2.64. The van der Waals surface area contributed by atoms with Crippen LogP contribution in [0.3, 0.4) is 0 Å². The van der Waals surface area contributed by atoms with Crippen molar-refractivity contribution in [2.45, 2.75) is 44.2 Å². The molecule has 0 aliphatic heterocycles. The highest BCUT2D eigenvalue weighted by molar-refractivity contribution is 7.98. The lowest BCUT2D eigenvalue weighted by Crippen LogP contribution is -2.54. The molecule has 1 aliphatic carbocycles. The molecule has 1 amide bonds. The fourth-order valence-electron chi connectivity index (χ4n) is 2.12. The quantitative estimate of drug-likeness (QED) is 0.795. The lowest BCUT2D eigenvalue weighted by Gasteiger charge is -2.32. The molecule has 0 saturated heterocycles. The summed E-state index contributed by atoms with van der Waals surface area (Å²) in [5.41, 5.74) is 5.57. The number of rotatable bonds is 4. The van der Waals surface area contributed by atoms with E-state index >= 15 is 0 Å².